The summed E-state index contributed by atoms with van der Waals surface area (Å²) in [6, 6.07) is 2.09. The van der Waals surface area contributed by atoms with E-state index in [2.05, 4.69) is 28.2 Å². The van der Waals surface area contributed by atoms with Crippen molar-refractivity contribution in [2.24, 2.45) is 0 Å². The van der Waals surface area contributed by atoms with Crippen LogP contribution in [0.15, 0.2) is 11.4 Å². The Kier molecular flexibility index (Phi) is 5.06. The molecule has 0 aliphatic carbocycles. The Morgan fingerprint density at radius 1 is 1.29 bits per heavy atom. The first-order valence-electron chi connectivity index (χ1n) is 6.28. The highest BCUT2D eigenvalue weighted by Crippen LogP contribution is 2.20. The first-order valence-corrected chi connectivity index (χ1v) is 7.16. The van der Waals surface area contributed by atoms with Gasteiger partial charge in [-0.1, -0.05) is 18.3 Å². The number of likely N-dealkylation sites (tertiary alicyclic amines) is 1. The molecule has 3 heteroatoms. The van der Waals surface area contributed by atoms with E-state index in [1.165, 1.54) is 37.2 Å². The quantitative estimate of drug-likeness (QED) is 0.832. The topological polar surface area (TPSA) is 23.5 Å². The Bertz CT molecular complexity index is 396. The molecule has 1 aromatic rings. The maximum absolute atomic E-state index is 8.72. The third-order valence-electron chi connectivity index (χ3n) is 3.02. The van der Waals surface area contributed by atoms with Gasteiger partial charge in [0, 0.05) is 23.4 Å². The third kappa shape index (κ3) is 3.85. The molecule has 2 rings (SSSR count). The van der Waals surface area contributed by atoms with E-state index in [9.17, 15) is 0 Å². The Labute approximate surface area is 107 Å². The minimum atomic E-state index is 0.151. The zero-order chi connectivity index (χ0) is 11.9. The van der Waals surface area contributed by atoms with Gasteiger partial charge in [0.2, 0.25) is 0 Å². The van der Waals surface area contributed by atoms with Gasteiger partial charge in [0.25, 0.3) is 0 Å². The van der Waals surface area contributed by atoms with Crippen molar-refractivity contribution in [2.45, 2.75) is 32.2 Å². The molecule has 0 radical (unpaired) electrons. The van der Waals surface area contributed by atoms with E-state index in [1.807, 2.05) is 0 Å². The van der Waals surface area contributed by atoms with Crippen molar-refractivity contribution >= 4 is 11.3 Å². The average Bonchev–Trinajstić information content (AvgIpc) is 2.79. The van der Waals surface area contributed by atoms with Gasteiger partial charge in [0.1, 0.15) is 0 Å². The molecular weight excluding hydrogens is 230 g/mol. The Balaban J connectivity index is 1.96. The predicted molar refractivity (Wildman–Crippen MR) is 72.0 cm³/mol. The van der Waals surface area contributed by atoms with Crippen LogP contribution in [0.5, 0.6) is 0 Å². The van der Waals surface area contributed by atoms with Crippen LogP contribution < -0.4 is 0 Å². The lowest BCUT2D eigenvalue weighted by Gasteiger charge is -2.25. The van der Waals surface area contributed by atoms with Gasteiger partial charge in [-0.05, 0) is 37.4 Å². The zero-order valence-electron chi connectivity index (χ0n) is 10.1. The highest BCUT2D eigenvalue weighted by molar-refractivity contribution is 7.10. The first kappa shape index (κ1) is 12.6. The lowest BCUT2D eigenvalue weighted by molar-refractivity contribution is 0.222. The maximum atomic E-state index is 8.72. The van der Waals surface area contributed by atoms with Gasteiger partial charge in [-0.2, -0.15) is 0 Å². The van der Waals surface area contributed by atoms with Gasteiger partial charge < -0.3 is 5.11 Å². The first-order chi connectivity index (χ1) is 8.40. The summed E-state index contributed by atoms with van der Waals surface area (Å²) in [4.78, 5) is 3.89. The number of piperidine rings is 1. The molecule has 0 saturated carbocycles. The molecule has 0 bridgehead atoms. The van der Waals surface area contributed by atoms with Gasteiger partial charge in [0.15, 0.2) is 0 Å². The van der Waals surface area contributed by atoms with E-state index in [1.54, 1.807) is 11.3 Å². The van der Waals surface area contributed by atoms with Crippen molar-refractivity contribution in [3.05, 3.63) is 21.9 Å². The van der Waals surface area contributed by atoms with Crippen LogP contribution in [0.3, 0.4) is 0 Å². The van der Waals surface area contributed by atoms with Crippen LogP contribution in [0, 0.1) is 11.8 Å². The largest absolute Gasteiger partial charge is 0.395 e. The number of rotatable bonds is 3. The summed E-state index contributed by atoms with van der Waals surface area (Å²) >= 11 is 1.79. The number of thiophene rings is 1. The van der Waals surface area contributed by atoms with Gasteiger partial charge in [0.05, 0.1) is 6.61 Å². The summed E-state index contributed by atoms with van der Waals surface area (Å²) in [5, 5.41) is 10.8. The highest BCUT2D eigenvalue weighted by Gasteiger charge is 2.12. The van der Waals surface area contributed by atoms with Crippen LogP contribution in [-0.2, 0) is 6.54 Å². The monoisotopic (exact) mass is 249 g/mol. The lowest BCUT2D eigenvalue weighted by atomic mass is 10.1. The summed E-state index contributed by atoms with van der Waals surface area (Å²) in [6.07, 6.45) is 4.61. The standard InChI is InChI=1S/C14H19NOS/c16-10-5-2-6-13-7-11-17-14(13)12-15-8-3-1-4-9-15/h7,11,16H,1,3-5,8-10,12H2. The molecule has 1 fully saturated rings. The second-order valence-electron chi connectivity index (χ2n) is 4.37. The smallest absolute Gasteiger partial charge is 0.0540 e. The van der Waals surface area contributed by atoms with Crippen molar-refractivity contribution < 1.29 is 5.11 Å². The van der Waals surface area contributed by atoms with Crippen LogP contribution in [0.4, 0.5) is 0 Å². The molecule has 1 aliphatic heterocycles. The number of hydrogen-bond donors (Lipinski definition) is 1. The highest BCUT2D eigenvalue weighted by atomic mass is 32.1. The van der Waals surface area contributed by atoms with Crippen molar-refractivity contribution in [1.29, 1.82) is 0 Å². The fourth-order valence-corrected chi connectivity index (χ4v) is 2.98. The predicted octanol–water partition coefficient (Wildman–Crippen LogP) is 2.47. The number of nitrogens with zero attached hydrogens (tertiary/aromatic N) is 1. The van der Waals surface area contributed by atoms with Gasteiger partial charge in [-0.3, -0.25) is 4.90 Å². The van der Waals surface area contributed by atoms with E-state index < -0.39 is 0 Å². The summed E-state index contributed by atoms with van der Waals surface area (Å²) < 4.78 is 0. The molecular formula is C14H19NOS. The van der Waals surface area contributed by atoms with Gasteiger partial charge in [-0.15, -0.1) is 11.3 Å². The molecule has 17 heavy (non-hydrogen) atoms. The molecule has 92 valence electrons. The van der Waals surface area contributed by atoms with Crippen LogP contribution in [0.1, 0.15) is 36.1 Å². The third-order valence-corrected chi connectivity index (χ3v) is 3.93. The SMILES string of the molecule is OCCC#Cc1ccsc1CN1CCCCC1. The summed E-state index contributed by atoms with van der Waals surface area (Å²) in [5.41, 5.74) is 1.15. The van der Waals surface area contributed by atoms with Crippen molar-refractivity contribution in [3.8, 4) is 11.8 Å². The second kappa shape index (κ2) is 6.80. The van der Waals surface area contributed by atoms with E-state index in [0.29, 0.717) is 6.42 Å². The summed E-state index contributed by atoms with van der Waals surface area (Å²) in [6.45, 7) is 3.64. The van der Waals surface area contributed by atoms with Gasteiger partial charge in [-0.25, -0.2) is 0 Å². The van der Waals surface area contributed by atoms with E-state index in [0.717, 1.165) is 12.1 Å². The molecule has 1 aromatic heterocycles. The Morgan fingerprint density at radius 3 is 2.88 bits per heavy atom. The number of aliphatic hydroxyl groups excluding tert-OH is 1. The lowest BCUT2D eigenvalue weighted by Crippen LogP contribution is -2.28. The van der Waals surface area contributed by atoms with Gasteiger partial charge >= 0.3 is 0 Å². The summed E-state index contributed by atoms with van der Waals surface area (Å²) in [7, 11) is 0. The number of hydrogen-bond acceptors (Lipinski definition) is 3. The zero-order valence-corrected chi connectivity index (χ0v) is 10.9. The van der Waals surface area contributed by atoms with Crippen LogP contribution in [0.25, 0.3) is 0 Å². The normalized spacial score (nSPS) is 16.5. The second-order valence-corrected chi connectivity index (χ2v) is 5.37. The molecule has 1 N–H and O–H groups in total. The van der Waals surface area contributed by atoms with Crippen LogP contribution in [0.2, 0.25) is 0 Å². The molecule has 0 spiro atoms. The molecule has 1 aliphatic rings. The van der Waals surface area contributed by atoms with Crippen molar-refractivity contribution in [1.82, 2.24) is 4.90 Å². The van der Waals surface area contributed by atoms with E-state index in [-0.39, 0.29) is 6.61 Å². The fourth-order valence-electron chi connectivity index (χ4n) is 2.11. The Morgan fingerprint density at radius 2 is 2.12 bits per heavy atom. The Hall–Kier alpha value is -0.820. The maximum Gasteiger partial charge on any atom is 0.0540 e. The van der Waals surface area contributed by atoms with Crippen LogP contribution in [-0.4, -0.2) is 29.7 Å². The van der Waals surface area contributed by atoms with Crippen molar-refractivity contribution in [2.75, 3.05) is 19.7 Å². The molecule has 2 nitrogen and oxygen atoms in total. The molecule has 0 unspecified atom stereocenters. The molecule has 0 aromatic carbocycles. The molecule has 2 heterocycles. The number of aliphatic hydroxyl groups is 1. The minimum Gasteiger partial charge on any atom is -0.395 e. The molecule has 0 amide bonds. The van der Waals surface area contributed by atoms with Crippen molar-refractivity contribution in [3.63, 3.8) is 0 Å². The van der Waals surface area contributed by atoms with E-state index >= 15 is 0 Å². The summed E-state index contributed by atoms with van der Waals surface area (Å²) in [5.74, 6) is 6.16. The van der Waals surface area contributed by atoms with E-state index in [4.69, 9.17) is 5.11 Å². The minimum absolute atomic E-state index is 0.151. The molecule has 0 atom stereocenters. The molecule has 1 saturated heterocycles. The fraction of sp³-hybridized carbons (Fsp3) is 0.571. The van der Waals surface area contributed by atoms with Crippen LogP contribution >= 0.6 is 11.3 Å². The average molecular weight is 249 g/mol.